The van der Waals surface area contributed by atoms with E-state index in [-0.39, 0.29) is 33.8 Å². The third-order valence-electron chi connectivity index (χ3n) is 6.47. The van der Waals surface area contributed by atoms with E-state index in [9.17, 15) is 22.8 Å². The van der Waals surface area contributed by atoms with E-state index in [1.165, 1.54) is 31.2 Å². The van der Waals surface area contributed by atoms with Gasteiger partial charge in [0.05, 0.1) is 10.9 Å². The van der Waals surface area contributed by atoms with Gasteiger partial charge >= 0.3 is 16.1 Å². The van der Waals surface area contributed by atoms with Crippen molar-refractivity contribution in [3.63, 3.8) is 0 Å². The number of benzene rings is 2. The summed E-state index contributed by atoms with van der Waals surface area (Å²) in [5.74, 6) is -2.34. The normalized spacial score (nSPS) is 18.5. The molecule has 3 aromatic rings. The number of carbonyl (C=O) groups is 3. The number of nitrogens with zero attached hydrogens (tertiary/aromatic N) is 1. The highest BCUT2D eigenvalue weighted by Gasteiger charge is 2.41. The Morgan fingerprint density at radius 2 is 1.69 bits per heavy atom. The second kappa shape index (κ2) is 8.88. The first kappa shape index (κ1) is 23.2. The first-order chi connectivity index (χ1) is 16.7. The molecule has 0 saturated heterocycles. The van der Waals surface area contributed by atoms with Crippen LogP contribution in [0.5, 0.6) is 11.5 Å². The van der Waals surface area contributed by atoms with Crippen LogP contribution in [0.3, 0.4) is 0 Å². The van der Waals surface area contributed by atoms with Crippen LogP contribution in [-0.2, 0) is 14.9 Å². The first-order valence-electron chi connectivity index (χ1n) is 11.5. The van der Waals surface area contributed by atoms with Gasteiger partial charge in [-0.05, 0) is 43.2 Å². The minimum atomic E-state index is -3.86. The molecule has 1 heterocycles. The Balaban J connectivity index is 1.50. The summed E-state index contributed by atoms with van der Waals surface area (Å²) in [4.78, 5) is 42.1. The van der Waals surface area contributed by atoms with Crippen molar-refractivity contribution >= 4 is 38.6 Å². The molecule has 1 atom stereocenters. The van der Waals surface area contributed by atoms with Gasteiger partial charge in [0.15, 0.2) is 17.3 Å². The number of fused-ring (bicyclic) bond motifs is 2. The number of hydrogen-bond donors (Lipinski definition) is 0. The summed E-state index contributed by atoms with van der Waals surface area (Å²) in [5.41, 5.74) is 0.845. The van der Waals surface area contributed by atoms with Gasteiger partial charge in [-0.25, -0.2) is 4.98 Å². The minimum absolute atomic E-state index is 0.0717. The predicted molar refractivity (Wildman–Crippen MR) is 127 cm³/mol. The maximum Gasteiger partial charge on any atom is 0.312 e. The van der Waals surface area contributed by atoms with Crippen molar-refractivity contribution in [2.24, 2.45) is 0 Å². The number of Topliss-reactive ketones (excluding diaryl/α,β-unsaturated/α-hetero) is 2. The van der Waals surface area contributed by atoms with E-state index in [2.05, 4.69) is 4.98 Å². The molecule has 0 bridgehead atoms. The van der Waals surface area contributed by atoms with Gasteiger partial charge in [0.1, 0.15) is 17.2 Å². The smallest absolute Gasteiger partial charge is 0.312 e. The lowest BCUT2D eigenvalue weighted by Crippen LogP contribution is -2.28. The summed E-state index contributed by atoms with van der Waals surface area (Å²) in [6.07, 6.45) is 3.82. The number of hydrogen-bond acceptors (Lipinski definition) is 8. The van der Waals surface area contributed by atoms with Crippen LogP contribution in [0.1, 0.15) is 71.4 Å². The molecule has 2 aliphatic rings. The van der Waals surface area contributed by atoms with Gasteiger partial charge in [-0.3, -0.25) is 14.4 Å². The number of carbonyl (C=O) groups excluding carboxylic acids is 3. The number of ether oxygens (including phenoxy) is 1. The molecule has 0 spiro atoms. The van der Waals surface area contributed by atoms with Crippen LogP contribution < -0.4 is 8.92 Å². The highest BCUT2D eigenvalue weighted by Crippen LogP contribution is 2.37. The Labute approximate surface area is 202 Å². The molecular weight excluding hydrogens is 470 g/mol. The Bertz CT molecular complexity index is 1470. The Morgan fingerprint density at radius 1 is 0.943 bits per heavy atom. The number of ketones is 2. The van der Waals surface area contributed by atoms with Gasteiger partial charge in [0.25, 0.3) is 0 Å². The Morgan fingerprint density at radius 3 is 2.43 bits per heavy atom. The van der Waals surface area contributed by atoms with Gasteiger partial charge in [-0.1, -0.05) is 37.5 Å². The van der Waals surface area contributed by atoms with Crippen molar-refractivity contribution in [1.29, 1.82) is 0 Å². The highest BCUT2D eigenvalue weighted by molar-refractivity contribution is 7.87. The fourth-order valence-electron chi connectivity index (χ4n) is 4.78. The average molecular weight is 494 g/mol. The molecule has 0 amide bonds. The fraction of sp³-hybridized carbons (Fsp3) is 0.308. The number of rotatable bonds is 5. The van der Waals surface area contributed by atoms with Gasteiger partial charge in [-0.15, -0.1) is 0 Å². The van der Waals surface area contributed by atoms with E-state index in [4.69, 9.17) is 8.92 Å². The van der Waals surface area contributed by atoms with Crippen LogP contribution in [0, 0.1) is 0 Å². The zero-order chi connectivity index (χ0) is 24.7. The third-order valence-corrected chi connectivity index (χ3v) is 8.17. The number of aromatic nitrogens is 1. The molecule has 180 valence electrons. The second-order valence-electron chi connectivity index (χ2n) is 8.86. The molecule has 2 aliphatic carbocycles. The lowest BCUT2D eigenvalue weighted by Gasteiger charge is -2.21. The maximum absolute atomic E-state index is 13.2. The average Bonchev–Trinajstić information content (AvgIpc) is 3.08. The number of para-hydroxylation sites is 1. The number of esters is 1. The van der Waals surface area contributed by atoms with Crippen LogP contribution in [-0.4, -0.2) is 36.2 Å². The molecule has 8 nitrogen and oxygen atoms in total. The second-order valence-corrected chi connectivity index (χ2v) is 10.7. The van der Waals surface area contributed by atoms with E-state index in [1.807, 2.05) is 0 Å². The summed E-state index contributed by atoms with van der Waals surface area (Å²) >= 11 is 0. The molecule has 2 aromatic carbocycles. The predicted octanol–water partition coefficient (Wildman–Crippen LogP) is 4.36. The van der Waals surface area contributed by atoms with Crippen molar-refractivity contribution < 1.29 is 31.7 Å². The van der Waals surface area contributed by atoms with E-state index in [1.54, 1.807) is 24.3 Å². The van der Waals surface area contributed by atoms with Crippen LogP contribution >= 0.6 is 0 Å². The fourth-order valence-corrected chi connectivity index (χ4v) is 6.21. The lowest BCUT2D eigenvalue weighted by molar-refractivity contribution is -0.131. The van der Waals surface area contributed by atoms with E-state index >= 15 is 0 Å². The summed E-state index contributed by atoms with van der Waals surface area (Å²) < 4.78 is 36.4. The zero-order valence-electron chi connectivity index (χ0n) is 19.0. The van der Waals surface area contributed by atoms with Crippen LogP contribution in [0.2, 0.25) is 0 Å². The quantitative estimate of drug-likeness (QED) is 0.223. The van der Waals surface area contributed by atoms with Gasteiger partial charge in [0.2, 0.25) is 0 Å². The van der Waals surface area contributed by atoms with E-state index in [0.29, 0.717) is 18.2 Å². The van der Waals surface area contributed by atoms with Crippen molar-refractivity contribution in [2.75, 3.05) is 0 Å². The molecule has 0 N–H and O–H groups in total. The molecular formula is C26H23NO7S. The molecule has 1 unspecified atom stereocenters. The summed E-state index contributed by atoms with van der Waals surface area (Å²) in [6, 6.07) is 12.5. The van der Waals surface area contributed by atoms with Crippen LogP contribution in [0.15, 0.2) is 48.5 Å². The monoisotopic (exact) mass is 493 g/mol. The molecule has 0 radical (unpaired) electrons. The van der Waals surface area contributed by atoms with Crippen LogP contribution in [0.25, 0.3) is 10.9 Å². The number of pyridine rings is 1. The van der Waals surface area contributed by atoms with Gasteiger partial charge in [0, 0.05) is 23.4 Å². The van der Waals surface area contributed by atoms with Crippen molar-refractivity contribution in [1.82, 2.24) is 4.98 Å². The zero-order valence-corrected chi connectivity index (χ0v) is 19.8. The molecule has 1 saturated carbocycles. The maximum atomic E-state index is 13.2. The standard InChI is InChI=1S/C26H23NO7S/c1-15(28)33-17-11-12-19-20(14-17)26(30)23(25(19)29)21-13-10-16-6-5-9-22(24(16)27-21)34-35(31,32)18-7-3-2-4-8-18/h5-6,9-14,18,23H,2-4,7-8H2,1H3. The topological polar surface area (TPSA) is 117 Å². The molecule has 1 aromatic heterocycles. The highest BCUT2D eigenvalue weighted by atomic mass is 32.2. The molecule has 0 aliphatic heterocycles. The van der Waals surface area contributed by atoms with Gasteiger partial charge < -0.3 is 8.92 Å². The first-order valence-corrected chi connectivity index (χ1v) is 13.0. The van der Waals surface area contributed by atoms with Gasteiger partial charge in [-0.2, -0.15) is 8.42 Å². The SMILES string of the molecule is CC(=O)Oc1ccc2c(c1)C(=O)C(c1ccc3cccc(OS(=O)(=O)C4CCCCC4)c3n1)C2=O. The molecule has 1 fully saturated rings. The van der Waals surface area contributed by atoms with Crippen LogP contribution in [0.4, 0.5) is 0 Å². The van der Waals surface area contributed by atoms with E-state index in [0.717, 1.165) is 19.3 Å². The third kappa shape index (κ3) is 4.32. The van der Waals surface area contributed by atoms with Crippen molar-refractivity contribution in [3.8, 4) is 11.5 Å². The minimum Gasteiger partial charge on any atom is -0.427 e. The molecule has 5 rings (SSSR count). The largest absolute Gasteiger partial charge is 0.427 e. The summed E-state index contributed by atoms with van der Waals surface area (Å²) in [5, 5.41) is 0.0613. The lowest BCUT2D eigenvalue weighted by atomic mass is 9.98. The molecule has 9 heteroatoms. The Kier molecular flexibility index (Phi) is 5.88. The molecule has 35 heavy (non-hydrogen) atoms. The Hall–Kier alpha value is -3.59. The summed E-state index contributed by atoms with van der Waals surface area (Å²) in [7, 11) is -3.86. The van der Waals surface area contributed by atoms with E-state index < -0.39 is 38.8 Å². The van der Waals surface area contributed by atoms with Crippen molar-refractivity contribution in [3.05, 3.63) is 65.4 Å². The van der Waals surface area contributed by atoms with Crippen molar-refractivity contribution in [2.45, 2.75) is 50.2 Å². The summed E-state index contributed by atoms with van der Waals surface area (Å²) in [6.45, 7) is 1.25.